The van der Waals surface area contributed by atoms with E-state index in [2.05, 4.69) is 6.07 Å². The van der Waals surface area contributed by atoms with Crippen molar-refractivity contribution in [1.29, 1.82) is 5.26 Å². The molecule has 1 aromatic rings. The first-order valence-corrected chi connectivity index (χ1v) is 5.53. The van der Waals surface area contributed by atoms with Gasteiger partial charge in [0.05, 0.1) is 12.5 Å². The Bertz CT molecular complexity index is 368. The summed E-state index contributed by atoms with van der Waals surface area (Å²) < 4.78 is 5.44. The second kappa shape index (κ2) is 6.89. The molecule has 0 aromatic heterocycles. The second-order valence-electron chi connectivity index (χ2n) is 4.21. The van der Waals surface area contributed by atoms with Gasteiger partial charge in [0.1, 0.15) is 18.5 Å². The van der Waals surface area contributed by atoms with Crippen LogP contribution in [0.25, 0.3) is 0 Å². The number of hydrogen-bond acceptors (Lipinski definition) is 4. The van der Waals surface area contributed by atoms with Gasteiger partial charge in [0, 0.05) is 6.54 Å². The van der Waals surface area contributed by atoms with E-state index in [9.17, 15) is 5.11 Å². The van der Waals surface area contributed by atoms with Gasteiger partial charge in [-0.05, 0) is 31.8 Å². The van der Waals surface area contributed by atoms with Gasteiger partial charge in [-0.1, -0.05) is 12.1 Å². The molecule has 1 rings (SSSR count). The summed E-state index contributed by atoms with van der Waals surface area (Å²) in [6.07, 6.45) is -0.0902. The van der Waals surface area contributed by atoms with E-state index >= 15 is 0 Å². The fourth-order valence-electron chi connectivity index (χ4n) is 1.46. The highest BCUT2D eigenvalue weighted by Crippen LogP contribution is 2.12. The van der Waals surface area contributed by atoms with E-state index in [1.54, 1.807) is 0 Å². The van der Waals surface area contributed by atoms with Crippen LogP contribution >= 0.6 is 0 Å². The van der Waals surface area contributed by atoms with Crippen molar-refractivity contribution < 1.29 is 9.84 Å². The van der Waals surface area contributed by atoms with Gasteiger partial charge >= 0.3 is 0 Å². The van der Waals surface area contributed by atoms with E-state index < -0.39 is 6.10 Å². The molecule has 1 aromatic carbocycles. The topological polar surface area (TPSA) is 56.5 Å². The molecule has 0 radical (unpaired) electrons. The molecule has 0 spiro atoms. The predicted molar refractivity (Wildman–Crippen MR) is 65.8 cm³/mol. The van der Waals surface area contributed by atoms with Crippen LogP contribution in [0, 0.1) is 11.3 Å². The number of aliphatic hydroxyl groups is 1. The first-order chi connectivity index (χ1) is 8.11. The van der Waals surface area contributed by atoms with Crippen molar-refractivity contribution in [2.24, 2.45) is 0 Å². The zero-order valence-electron chi connectivity index (χ0n) is 10.3. The molecule has 0 aliphatic carbocycles. The predicted octanol–water partition coefficient (Wildman–Crippen LogP) is 1.05. The standard InChI is InChI=1S/C13H18N2O2/c1-15(2)9-12(16)10-17-13-5-3-11(4-6-13)7-8-14/h3-6,12,16H,7,9-10H2,1-2H3. The largest absolute Gasteiger partial charge is 0.491 e. The zero-order chi connectivity index (χ0) is 12.7. The van der Waals surface area contributed by atoms with E-state index in [1.165, 1.54) is 0 Å². The summed E-state index contributed by atoms with van der Waals surface area (Å²) in [5, 5.41) is 18.1. The number of benzene rings is 1. The summed E-state index contributed by atoms with van der Waals surface area (Å²) in [6.45, 7) is 0.849. The number of ether oxygens (including phenoxy) is 1. The van der Waals surface area contributed by atoms with Crippen molar-refractivity contribution in [2.75, 3.05) is 27.2 Å². The van der Waals surface area contributed by atoms with Gasteiger partial charge in [-0.25, -0.2) is 0 Å². The third-order valence-electron chi connectivity index (χ3n) is 2.22. The third-order valence-corrected chi connectivity index (χ3v) is 2.22. The molecule has 0 amide bonds. The average Bonchev–Trinajstić information content (AvgIpc) is 2.28. The highest BCUT2D eigenvalue weighted by atomic mass is 16.5. The Balaban J connectivity index is 2.39. The van der Waals surface area contributed by atoms with Crippen LogP contribution in [0.5, 0.6) is 5.75 Å². The van der Waals surface area contributed by atoms with Gasteiger partial charge in [-0.3, -0.25) is 0 Å². The average molecular weight is 234 g/mol. The van der Waals surface area contributed by atoms with Crippen molar-refractivity contribution in [3.05, 3.63) is 29.8 Å². The van der Waals surface area contributed by atoms with Gasteiger partial charge < -0.3 is 14.7 Å². The van der Waals surface area contributed by atoms with Gasteiger partial charge in [-0.2, -0.15) is 5.26 Å². The number of likely N-dealkylation sites (N-methyl/N-ethyl adjacent to an activating group) is 1. The number of nitrogens with zero attached hydrogens (tertiary/aromatic N) is 2. The smallest absolute Gasteiger partial charge is 0.119 e. The van der Waals surface area contributed by atoms with Gasteiger partial charge in [0.15, 0.2) is 0 Å². The zero-order valence-corrected chi connectivity index (χ0v) is 10.3. The van der Waals surface area contributed by atoms with Crippen LogP contribution in [0.3, 0.4) is 0 Å². The molecule has 4 nitrogen and oxygen atoms in total. The summed E-state index contributed by atoms with van der Waals surface area (Å²) in [5.74, 6) is 0.712. The molecule has 0 heterocycles. The number of rotatable bonds is 6. The van der Waals surface area contributed by atoms with E-state index in [-0.39, 0.29) is 6.61 Å². The summed E-state index contributed by atoms with van der Waals surface area (Å²) >= 11 is 0. The lowest BCUT2D eigenvalue weighted by Crippen LogP contribution is -2.30. The van der Waals surface area contributed by atoms with Crippen molar-refractivity contribution in [3.63, 3.8) is 0 Å². The molecular formula is C13H18N2O2. The minimum atomic E-state index is -0.496. The first-order valence-electron chi connectivity index (χ1n) is 5.53. The fraction of sp³-hybridized carbons (Fsp3) is 0.462. The summed E-state index contributed by atoms with van der Waals surface area (Å²) in [6, 6.07) is 9.43. The molecule has 92 valence electrons. The van der Waals surface area contributed by atoms with Crippen molar-refractivity contribution >= 4 is 0 Å². The maximum absolute atomic E-state index is 9.61. The molecule has 1 unspecified atom stereocenters. The minimum absolute atomic E-state index is 0.274. The van der Waals surface area contributed by atoms with Crippen LogP contribution in [-0.4, -0.2) is 43.4 Å². The van der Waals surface area contributed by atoms with Gasteiger partial charge in [0.25, 0.3) is 0 Å². The highest BCUT2D eigenvalue weighted by molar-refractivity contribution is 5.28. The Morgan fingerprint density at radius 3 is 2.53 bits per heavy atom. The second-order valence-corrected chi connectivity index (χ2v) is 4.21. The maximum Gasteiger partial charge on any atom is 0.119 e. The van der Waals surface area contributed by atoms with E-state index in [1.807, 2.05) is 43.3 Å². The molecule has 1 atom stereocenters. The van der Waals surface area contributed by atoms with Gasteiger partial charge in [0.2, 0.25) is 0 Å². The molecule has 0 aliphatic heterocycles. The van der Waals surface area contributed by atoms with E-state index in [0.29, 0.717) is 18.7 Å². The Labute approximate surface area is 102 Å². The quantitative estimate of drug-likeness (QED) is 0.799. The van der Waals surface area contributed by atoms with Gasteiger partial charge in [-0.15, -0.1) is 0 Å². The van der Waals surface area contributed by atoms with Crippen molar-refractivity contribution in [2.45, 2.75) is 12.5 Å². The normalized spacial score (nSPS) is 12.2. The Hall–Kier alpha value is -1.57. The molecule has 0 fully saturated rings. The molecule has 0 aliphatic rings. The van der Waals surface area contributed by atoms with Crippen molar-refractivity contribution in [1.82, 2.24) is 4.90 Å². The van der Waals surface area contributed by atoms with Crippen molar-refractivity contribution in [3.8, 4) is 11.8 Å². The van der Waals surface area contributed by atoms with E-state index in [4.69, 9.17) is 10.00 Å². The summed E-state index contributed by atoms with van der Waals surface area (Å²) in [7, 11) is 3.81. The maximum atomic E-state index is 9.61. The summed E-state index contributed by atoms with van der Waals surface area (Å²) in [4.78, 5) is 1.91. The number of nitriles is 1. The minimum Gasteiger partial charge on any atom is -0.491 e. The van der Waals surface area contributed by atoms with Crippen LogP contribution in [0.4, 0.5) is 0 Å². The first kappa shape index (κ1) is 13.5. The lowest BCUT2D eigenvalue weighted by Gasteiger charge is -2.16. The van der Waals surface area contributed by atoms with Crippen LogP contribution < -0.4 is 4.74 Å². The molecule has 4 heteroatoms. The SMILES string of the molecule is CN(C)CC(O)COc1ccc(CC#N)cc1. The highest BCUT2D eigenvalue weighted by Gasteiger charge is 2.06. The van der Waals surface area contributed by atoms with Crippen LogP contribution in [0.2, 0.25) is 0 Å². The molecule has 0 bridgehead atoms. The number of aliphatic hydroxyl groups excluding tert-OH is 1. The molecule has 0 saturated carbocycles. The fourth-order valence-corrected chi connectivity index (χ4v) is 1.46. The monoisotopic (exact) mass is 234 g/mol. The Morgan fingerprint density at radius 1 is 1.35 bits per heavy atom. The Morgan fingerprint density at radius 2 is 2.00 bits per heavy atom. The number of hydrogen-bond donors (Lipinski definition) is 1. The lowest BCUT2D eigenvalue weighted by molar-refractivity contribution is 0.0831. The lowest BCUT2D eigenvalue weighted by atomic mass is 10.2. The molecule has 0 saturated heterocycles. The Kier molecular flexibility index (Phi) is 5.47. The van der Waals surface area contributed by atoms with Crippen LogP contribution in [-0.2, 0) is 6.42 Å². The third kappa shape index (κ3) is 5.34. The summed E-state index contributed by atoms with van der Waals surface area (Å²) in [5.41, 5.74) is 0.966. The van der Waals surface area contributed by atoms with Crippen LogP contribution in [0.1, 0.15) is 5.56 Å². The molecule has 1 N–H and O–H groups in total. The van der Waals surface area contributed by atoms with E-state index in [0.717, 1.165) is 5.56 Å². The molecular weight excluding hydrogens is 216 g/mol. The molecule has 17 heavy (non-hydrogen) atoms. The van der Waals surface area contributed by atoms with Crippen LogP contribution in [0.15, 0.2) is 24.3 Å².